The molecule has 1 N–H and O–H groups in total. The van der Waals surface area contributed by atoms with Crippen LogP contribution in [0.25, 0.3) is 0 Å². The van der Waals surface area contributed by atoms with Crippen LogP contribution < -0.4 is 0 Å². The number of carboxylic acids is 1. The molecule has 9 heteroatoms. The van der Waals surface area contributed by atoms with Crippen molar-refractivity contribution < 1.29 is 19.4 Å². The molecule has 5 rings (SSSR count). The third-order valence-electron chi connectivity index (χ3n) is 7.53. The lowest BCUT2D eigenvalue weighted by Crippen LogP contribution is -2.41. The second kappa shape index (κ2) is 10.1. The van der Waals surface area contributed by atoms with E-state index in [0.717, 1.165) is 56.0 Å². The molecule has 1 aromatic heterocycles. The molecule has 2 aliphatic heterocycles. The van der Waals surface area contributed by atoms with Crippen molar-refractivity contribution in [2.45, 2.75) is 77.4 Å². The number of ether oxygens (including phenoxy) is 1. The van der Waals surface area contributed by atoms with Gasteiger partial charge in [0.05, 0.1) is 0 Å². The summed E-state index contributed by atoms with van der Waals surface area (Å²) in [6.07, 6.45) is 6.97. The van der Waals surface area contributed by atoms with Crippen LogP contribution in [0.3, 0.4) is 0 Å². The van der Waals surface area contributed by atoms with Crippen molar-refractivity contribution in [3.05, 3.63) is 17.0 Å². The van der Waals surface area contributed by atoms with Crippen LogP contribution >= 0.6 is 23.5 Å². The van der Waals surface area contributed by atoms with E-state index in [1.807, 2.05) is 28.2 Å². The van der Waals surface area contributed by atoms with Gasteiger partial charge in [-0.1, -0.05) is 19.6 Å². The Bertz CT molecular complexity index is 876. The second-order valence-electron chi connectivity index (χ2n) is 11.6. The van der Waals surface area contributed by atoms with Crippen molar-refractivity contribution in [3.8, 4) is 0 Å². The highest BCUT2D eigenvalue weighted by molar-refractivity contribution is 8.00. The summed E-state index contributed by atoms with van der Waals surface area (Å²) in [5, 5.41) is 13.8. The number of hydrogen-bond acceptors (Lipinski definition) is 6. The number of ketones is 1. The van der Waals surface area contributed by atoms with Crippen LogP contribution in [-0.2, 0) is 29.1 Å². The number of carboxylic acid groups (broad SMARTS) is 1. The molecule has 0 aromatic carbocycles. The summed E-state index contributed by atoms with van der Waals surface area (Å²) in [6, 6.07) is 1.11. The first-order valence-corrected chi connectivity index (χ1v) is 18.2. The predicted octanol–water partition coefficient (Wildman–Crippen LogP) is 4.98. The first kappa shape index (κ1) is 25.3. The summed E-state index contributed by atoms with van der Waals surface area (Å²) in [4.78, 5) is 22.4. The van der Waals surface area contributed by atoms with E-state index >= 15 is 0 Å². The van der Waals surface area contributed by atoms with Gasteiger partial charge in [0, 0.05) is 50.3 Å². The molecule has 2 spiro atoms. The van der Waals surface area contributed by atoms with Gasteiger partial charge in [-0.3, -0.25) is 4.79 Å². The zero-order valence-electron chi connectivity index (χ0n) is 20.3. The Labute approximate surface area is 207 Å². The maximum atomic E-state index is 11.5. The highest BCUT2D eigenvalue weighted by Gasteiger charge is 2.43. The van der Waals surface area contributed by atoms with Crippen LogP contribution in [0.5, 0.6) is 0 Å². The molecular formula is C24H38N2O4S2Si. The van der Waals surface area contributed by atoms with Gasteiger partial charge in [0.2, 0.25) is 0 Å². The molecule has 2 saturated heterocycles. The summed E-state index contributed by atoms with van der Waals surface area (Å²) >= 11 is 4.02. The number of carbonyl (C=O) groups excluding carboxylic acids is 1. The van der Waals surface area contributed by atoms with E-state index in [2.05, 4.69) is 24.7 Å². The SMILES string of the molecule is C[Si](C)(C)CCOCn1nc(C(=O)O)c2c1CC1(CC2)CSC1.O=C1CCC2(CC1)CSC2. The number of Topliss-reactive ketones (excluding diaryl/α,β-unsaturated/α-hetero) is 1. The first-order chi connectivity index (χ1) is 15.6. The standard InChI is InChI=1S/C16H26N2O3SSi.C8H12OS/c1-23(2,3)7-6-21-11-18-13-8-16(9-22-10-16)5-4-12(13)14(17-18)15(19)20;9-7-1-3-8(4-2-7)5-10-6-8/h4-11H2,1-3H3,(H,19,20);1-6H2. The number of hydrogen-bond donors (Lipinski definition) is 1. The molecule has 184 valence electrons. The van der Waals surface area contributed by atoms with Gasteiger partial charge in [-0.2, -0.15) is 28.6 Å². The quantitative estimate of drug-likeness (QED) is 0.427. The molecule has 1 saturated carbocycles. The number of rotatable bonds is 6. The van der Waals surface area contributed by atoms with Crippen molar-refractivity contribution in [2.75, 3.05) is 29.6 Å². The highest BCUT2D eigenvalue weighted by atomic mass is 32.2. The normalized spacial score (nSPS) is 22.7. The van der Waals surface area contributed by atoms with Crippen LogP contribution in [-0.4, -0.2) is 64.3 Å². The van der Waals surface area contributed by atoms with Gasteiger partial charge in [-0.05, 0) is 60.5 Å². The summed E-state index contributed by atoms with van der Waals surface area (Å²) in [5.41, 5.74) is 3.27. The van der Waals surface area contributed by atoms with E-state index in [1.54, 1.807) is 0 Å². The Hall–Kier alpha value is -0.773. The minimum Gasteiger partial charge on any atom is -0.476 e. The number of carbonyl (C=O) groups is 2. The van der Waals surface area contributed by atoms with Gasteiger partial charge in [0.15, 0.2) is 5.69 Å². The van der Waals surface area contributed by atoms with Gasteiger partial charge >= 0.3 is 5.97 Å². The maximum absolute atomic E-state index is 11.5. The average Bonchev–Trinajstić information content (AvgIpc) is 3.07. The number of nitrogens with zero attached hydrogens (tertiary/aromatic N) is 2. The van der Waals surface area contributed by atoms with Gasteiger partial charge in [0.1, 0.15) is 12.5 Å². The van der Waals surface area contributed by atoms with Gasteiger partial charge in [-0.15, -0.1) is 0 Å². The summed E-state index contributed by atoms with van der Waals surface area (Å²) in [7, 11) is -1.11. The maximum Gasteiger partial charge on any atom is 0.356 e. The van der Waals surface area contributed by atoms with Crippen molar-refractivity contribution in [1.82, 2.24) is 9.78 Å². The molecule has 0 bridgehead atoms. The van der Waals surface area contributed by atoms with Gasteiger partial charge in [-0.25, -0.2) is 9.48 Å². The first-order valence-electron chi connectivity index (χ1n) is 12.2. The number of thioether (sulfide) groups is 2. The van der Waals surface area contributed by atoms with Crippen LogP contribution in [0.1, 0.15) is 53.8 Å². The fourth-order valence-electron chi connectivity index (χ4n) is 5.01. The molecule has 4 aliphatic rings. The largest absolute Gasteiger partial charge is 0.476 e. The van der Waals surface area contributed by atoms with Crippen molar-refractivity contribution >= 4 is 43.4 Å². The lowest BCUT2D eigenvalue weighted by molar-refractivity contribution is -0.121. The molecule has 0 unspecified atom stereocenters. The van der Waals surface area contributed by atoms with E-state index in [1.165, 1.54) is 35.9 Å². The van der Waals surface area contributed by atoms with Gasteiger partial charge < -0.3 is 9.84 Å². The van der Waals surface area contributed by atoms with E-state index < -0.39 is 14.0 Å². The number of aromatic nitrogens is 2. The van der Waals surface area contributed by atoms with E-state index in [0.29, 0.717) is 23.3 Å². The molecular weight excluding hydrogens is 472 g/mol. The lowest BCUT2D eigenvalue weighted by atomic mass is 9.75. The third kappa shape index (κ3) is 6.08. The topological polar surface area (TPSA) is 81.4 Å². The molecule has 2 aliphatic carbocycles. The van der Waals surface area contributed by atoms with Crippen LogP contribution in [0.15, 0.2) is 0 Å². The van der Waals surface area contributed by atoms with E-state index in [-0.39, 0.29) is 5.69 Å². The molecule has 0 amide bonds. The second-order valence-corrected chi connectivity index (χ2v) is 19.2. The summed E-state index contributed by atoms with van der Waals surface area (Å²) in [6.45, 7) is 8.09. The van der Waals surface area contributed by atoms with Crippen LogP contribution in [0, 0.1) is 10.8 Å². The zero-order valence-corrected chi connectivity index (χ0v) is 22.9. The number of fused-ring (bicyclic) bond motifs is 1. The Kier molecular flexibility index (Phi) is 7.73. The van der Waals surface area contributed by atoms with Crippen molar-refractivity contribution in [2.24, 2.45) is 10.8 Å². The minimum atomic E-state index is -1.11. The monoisotopic (exact) mass is 510 g/mol. The molecule has 3 fully saturated rings. The Morgan fingerprint density at radius 1 is 1.06 bits per heavy atom. The van der Waals surface area contributed by atoms with Crippen molar-refractivity contribution in [3.63, 3.8) is 0 Å². The molecule has 0 atom stereocenters. The minimum absolute atomic E-state index is 0.232. The fourth-order valence-corrected chi connectivity index (χ4v) is 8.40. The summed E-state index contributed by atoms with van der Waals surface area (Å²) in [5.74, 6) is 4.59. The van der Waals surface area contributed by atoms with Crippen molar-refractivity contribution in [1.29, 1.82) is 0 Å². The Morgan fingerprint density at radius 3 is 2.18 bits per heavy atom. The lowest BCUT2D eigenvalue weighted by Gasteiger charge is -2.44. The fraction of sp³-hybridized carbons (Fsp3) is 0.792. The number of aromatic carboxylic acids is 1. The van der Waals surface area contributed by atoms with Gasteiger partial charge in [0.25, 0.3) is 0 Å². The Morgan fingerprint density at radius 2 is 1.67 bits per heavy atom. The Balaban J connectivity index is 0.000000214. The van der Waals surface area contributed by atoms with E-state index in [4.69, 9.17) is 4.74 Å². The highest BCUT2D eigenvalue weighted by Crippen LogP contribution is 2.48. The van der Waals surface area contributed by atoms with E-state index in [9.17, 15) is 14.7 Å². The smallest absolute Gasteiger partial charge is 0.356 e. The molecule has 0 radical (unpaired) electrons. The zero-order chi connectivity index (χ0) is 23.7. The molecule has 6 nitrogen and oxygen atoms in total. The summed E-state index contributed by atoms with van der Waals surface area (Å²) < 4.78 is 7.62. The molecule has 1 aromatic rings. The average molecular weight is 511 g/mol. The predicted molar refractivity (Wildman–Crippen MR) is 138 cm³/mol. The molecule has 33 heavy (non-hydrogen) atoms. The third-order valence-corrected chi connectivity index (χ3v) is 12.5. The molecule has 3 heterocycles. The van der Waals surface area contributed by atoms with Crippen LogP contribution in [0.2, 0.25) is 25.7 Å². The van der Waals surface area contributed by atoms with Crippen LogP contribution in [0.4, 0.5) is 0 Å².